The third-order valence-corrected chi connectivity index (χ3v) is 5.10. The summed E-state index contributed by atoms with van der Waals surface area (Å²) in [6, 6.07) is 7.70. The summed E-state index contributed by atoms with van der Waals surface area (Å²) in [5.74, 6) is 1.73. The van der Waals surface area contributed by atoms with Crippen molar-refractivity contribution in [2.45, 2.75) is 45.3 Å². The highest BCUT2D eigenvalue weighted by Crippen LogP contribution is 2.24. The third-order valence-electron chi connectivity index (χ3n) is 4.44. The van der Waals surface area contributed by atoms with Gasteiger partial charge >= 0.3 is 0 Å². The van der Waals surface area contributed by atoms with Crippen LogP contribution >= 0.6 is 11.8 Å². The molecule has 0 radical (unpaired) electrons. The molecule has 1 aromatic carbocycles. The predicted molar refractivity (Wildman–Crippen MR) is 108 cm³/mol. The number of rotatable bonds is 8. The van der Waals surface area contributed by atoms with Gasteiger partial charge in [-0.25, -0.2) is 0 Å². The van der Waals surface area contributed by atoms with Crippen molar-refractivity contribution in [2.24, 2.45) is 5.92 Å². The van der Waals surface area contributed by atoms with Gasteiger partial charge in [0.05, 0.1) is 0 Å². The maximum absolute atomic E-state index is 12.5. The molecule has 144 valence electrons. The first kappa shape index (κ1) is 19.5. The number of fused-ring (bicyclic) bond motifs is 1. The molecule has 0 unspecified atom stereocenters. The number of nitrogens with one attached hydrogen (secondary N) is 1. The number of hydrogen-bond donors (Lipinski definition) is 1. The Hall–Kier alpha value is -2.28. The van der Waals surface area contributed by atoms with Crippen LogP contribution in [0.25, 0.3) is 11.0 Å². The lowest BCUT2D eigenvalue weighted by Gasteiger charge is -2.11. The van der Waals surface area contributed by atoms with Crippen molar-refractivity contribution < 1.29 is 9.21 Å². The standard InChI is InChI=1S/C20H26N4O2S/c1-13(2)12-24-17(22-23-20(24)27-4)10-7-11-21-19(25)18-14(3)15-8-5-6-9-16(15)26-18/h5-6,8-9,13H,7,10-12H2,1-4H3,(H,21,25). The smallest absolute Gasteiger partial charge is 0.287 e. The van der Waals surface area contributed by atoms with Gasteiger partial charge in [0.15, 0.2) is 10.9 Å². The minimum Gasteiger partial charge on any atom is -0.451 e. The molecule has 2 aromatic heterocycles. The summed E-state index contributed by atoms with van der Waals surface area (Å²) in [5, 5.41) is 13.5. The van der Waals surface area contributed by atoms with Crippen LogP contribution in [0.5, 0.6) is 0 Å². The van der Waals surface area contributed by atoms with Gasteiger partial charge in [0.1, 0.15) is 11.4 Å². The van der Waals surface area contributed by atoms with Crippen LogP contribution in [-0.2, 0) is 13.0 Å². The van der Waals surface area contributed by atoms with Gasteiger partial charge in [-0.1, -0.05) is 43.8 Å². The molecular weight excluding hydrogens is 360 g/mol. The molecule has 0 spiro atoms. The van der Waals surface area contributed by atoms with Gasteiger partial charge < -0.3 is 14.3 Å². The zero-order chi connectivity index (χ0) is 19.4. The monoisotopic (exact) mass is 386 g/mol. The van der Waals surface area contributed by atoms with Crippen LogP contribution in [0.4, 0.5) is 0 Å². The molecule has 0 atom stereocenters. The zero-order valence-corrected chi connectivity index (χ0v) is 17.1. The van der Waals surface area contributed by atoms with E-state index in [1.807, 2.05) is 37.4 Å². The van der Waals surface area contributed by atoms with E-state index in [1.54, 1.807) is 11.8 Å². The normalized spacial score (nSPS) is 11.4. The van der Waals surface area contributed by atoms with E-state index >= 15 is 0 Å². The van der Waals surface area contributed by atoms with Gasteiger partial charge in [0, 0.05) is 30.5 Å². The Morgan fingerprint density at radius 3 is 2.78 bits per heavy atom. The summed E-state index contributed by atoms with van der Waals surface area (Å²) < 4.78 is 7.90. The first-order valence-electron chi connectivity index (χ1n) is 9.23. The fourth-order valence-electron chi connectivity index (χ4n) is 3.12. The maximum Gasteiger partial charge on any atom is 0.287 e. The van der Waals surface area contributed by atoms with Gasteiger partial charge in [-0.15, -0.1) is 10.2 Å². The van der Waals surface area contributed by atoms with Crippen molar-refractivity contribution in [1.29, 1.82) is 0 Å². The van der Waals surface area contributed by atoms with Crippen LogP contribution < -0.4 is 5.32 Å². The molecular formula is C20H26N4O2S. The average molecular weight is 387 g/mol. The first-order valence-corrected chi connectivity index (χ1v) is 10.5. The van der Waals surface area contributed by atoms with Gasteiger partial charge in [0.2, 0.25) is 0 Å². The van der Waals surface area contributed by atoms with E-state index in [-0.39, 0.29) is 5.91 Å². The fraction of sp³-hybridized carbons (Fsp3) is 0.450. The summed E-state index contributed by atoms with van der Waals surface area (Å²) in [4.78, 5) is 12.5. The molecule has 3 rings (SSSR count). The SMILES string of the molecule is CSc1nnc(CCCNC(=O)c2oc3ccccc3c2C)n1CC(C)C. The van der Waals surface area contributed by atoms with Crippen LogP contribution in [0.15, 0.2) is 33.8 Å². The topological polar surface area (TPSA) is 73.0 Å². The number of carbonyl (C=O) groups is 1. The van der Waals surface area contributed by atoms with Gasteiger partial charge in [0.25, 0.3) is 5.91 Å². The molecule has 0 aliphatic carbocycles. The highest BCUT2D eigenvalue weighted by molar-refractivity contribution is 7.98. The number of aryl methyl sites for hydroxylation is 2. The van der Waals surface area contributed by atoms with E-state index < -0.39 is 0 Å². The lowest BCUT2D eigenvalue weighted by molar-refractivity contribution is 0.0926. The molecule has 0 aliphatic rings. The second-order valence-electron chi connectivity index (χ2n) is 7.02. The van der Waals surface area contributed by atoms with Crippen molar-refractivity contribution in [1.82, 2.24) is 20.1 Å². The van der Waals surface area contributed by atoms with Crippen LogP contribution in [0, 0.1) is 12.8 Å². The van der Waals surface area contributed by atoms with E-state index in [0.29, 0.717) is 18.2 Å². The number of carbonyl (C=O) groups excluding carboxylic acids is 1. The number of amides is 1. The Morgan fingerprint density at radius 1 is 1.30 bits per heavy atom. The van der Waals surface area contributed by atoms with Crippen LogP contribution in [0.3, 0.4) is 0 Å². The van der Waals surface area contributed by atoms with Crippen molar-refractivity contribution in [3.63, 3.8) is 0 Å². The summed E-state index contributed by atoms with van der Waals surface area (Å²) >= 11 is 1.61. The van der Waals surface area contributed by atoms with Gasteiger partial charge in [-0.05, 0) is 31.6 Å². The molecule has 0 saturated heterocycles. The Balaban J connectivity index is 1.58. The average Bonchev–Trinajstić information content (AvgIpc) is 3.19. The minimum absolute atomic E-state index is 0.169. The number of benzene rings is 1. The van der Waals surface area contributed by atoms with Crippen LogP contribution in [0.1, 0.15) is 42.2 Å². The number of aromatic nitrogens is 3. The maximum atomic E-state index is 12.5. The van der Waals surface area contributed by atoms with E-state index in [0.717, 1.165) is 46.9 Å². The van der Waals surface area contributed by atoms with E-state index in [4.69, 9.17) is 4.42 Å². The molecule has 0 bridgehead atoms. The minimum atomic E-state index is -0.169. The summed E-state index contributed by atoms with van der Waals surface area (Å²) in [6.45, 7) is 7.76. The Labute approximate surface area is 163 Å². The number of furan rings is 1. The lowest BCUT2D eigenvalue weighted by Crippen LogP contribution is -2.25. The summed E-state index contributed by atoms with van der Waals surface area (Å²) in [7, 11) is 0. The zero-order valence-electron chi connectivity index (χ0n) is 16.3. The number of thioether (sulfide) groups is 1. The highest BCUT2D eigenvalue weighted by atomic mass is 32.2. The van der Waals surface area contributed by atoms with Crippen molar-refractivity contribution in [3.8, 4) is 0 Å². The largest absolute Gasteiger partial charge is 0.451 e. The predicted octanol–water partition coefficient (Wildman–Crippen LogP) is 4.07. The Bertz CT molecular complexity index is 929. The molecule has 6 nitrogen and oxygen atoms in total. The fourth-order valence-corrected chi connectivity index (χ4v) is 3.65. The molecule has 0 saturated carbocycles. The molecule has 27 heavy (non-hydrogen) atoms. The first-order chi connectivity index (χ1) is 13.0. The molecule has 2 heterocycles. The third kappa shape index (κ3) is 4.35. The summed E-state index contributed by atoms with van der Waals surface area (Å²) in [6.07, 6.45) is 3.59. The second kappa shape index (κ2) is 8.61. The van der Waals surface area contributed by atoms with Crippen LogP contribution in [0.2, 0.25) is 0 Å². The molecule has 0 fully saturated rings. The van der Waals surface area contributed by atoms with E-state index in [1.165, 1.54) is 0 Å². The van der Waals surface area contributed by atoms with Crippen molar-refractivity contribution in [2.75, 3.05) is 12.8 Å². The molecule has 3 aromatic rings. The number of nitrogens with zero attached hydrogens (tertiary/aromatic N) is 3. The highest BCUT2D eigenvalue weighted by Gasteiger charge is 2.17. The molecule has 1 N–H and O–H groups in total. The number of hydrogen-bond acceptors (Lipinski definition) is 5. The quantitative estimate of drug-likeness (QED) is 0.467. The van der Waals surface area contributed by atoms with Gasteiger partial charge in [-0.2, -0.15) is 0 Å². The molecule has 1 amide bonds. The Kier molecular flexibility index (Phi) is 6.21. The van der Waals surface area contributed by atoms with Gasteiger partial charge in [-0.3, -0.25) is 4.79 Å². The summed E-state index contributed by atoms with van der Waals surface area (Å²) in [5.41, 5.74) is 1.62. The van der Waals surface area contributed by atoms with Crippen molar-refractivity contribution in [3.05, 3.63) is 41.4 Å². The van der Waals surface area contributed by atoms with Crippen LogP contribution in [-0.4, -0.2) is 33.5 Å². The second-order valence-corrected chi connectivity index (χ2v) is 7.79. The Morgan fingerprint density at radius 2 is 2.07 bits per heavy atom. The lowest BCUT2D eigenvalue weighted by atomic mass is 10.1. The van der Waals surface area contributed by atoms with E-state index in [9.17, 15) is 4.79 Å². The number of para-hydroxylation sites is 1. The molecule has 7 heteroatoms. The molecule has 0 aliphatic heterocycles. The van der Waals surface area contributed by atoms with E-state index in [2.05, 4.69) is 33.9 Å². The van der Waals surface area contributed by atoms with Crippen molar-refractivity contribution >= 4 is 28.6 Å².